The Hall–Kier alpha value is -3.18. The monoisotopic (exact) mass is 497 g/mol. The van der Waals surface area contributed by atoms with Crippen LogP contribution in [0.4, 0.5) is 0 Å². The van der Waals surface area contributed by atoms with Crippen molar-refractivity contribution in [2.75, 3.05) is 33.9 Å². The second kappa shape index (κ2) is 9.36. The summed E-state index contributed by atoms with van der Waals surface area (Å²) in [5.74, 6) is 0.939. The molecule has 2 aromatic rings. The van der Waals surface area contributed by atoms with Crippen LogP contribution in [0.1, 0.15) is 34.6 Å². The Morgan fingerprint density at radius 2 is 1.31 bits per heavy atom. The molecule has 3 aliphatic rings. The van der Waals surface area contributed by atoms with Gasteiger partial charge in [0.1, 0.15) is 41.4 Å². The topological polar surface area (TPSA) is 108 Å². The SMILES string of the molecule is COc1ccc(C(=O)NC[C@]2(C)O[C@H]3CO[C@@H]4N3[C@H]2O[C@@]4(C)CNC(=O)c2ccc(OC)cc2)cc1. The summed E-state index contributed by atoms with van der Waals surface area (Å²) in [6.07, 6.45) is -1.13. The summed E-state index contributed by atoms with van der Waals surface area (Å²) in [5, 5.41) is 5.93. The Morgan fingerprint density at radius 3 is 1.78 bits per heavy atom. The first-order valence-corrected chi connectivity index (χ1v) is 11.9. The Bertz CT molecular complexity index is 1060. The van der Waals surface area contributed by atoms with Gasteiger partial charge in [0.15, 0.2) is 0 Å². The molecule has 0 aliphatic carbocycles. The van der Waals surface area contributed by atoms with Crippen LogP contribution in [0, 0.1) is 0 Å². The van der Waals surface area contributed by atoms with E-state index < -0.39 is 17.4 Å². The zero-order chi connectivity index (χ0) is 25.5. The third kappa shape index (κ3) is 4.30. The highest BCUT2D eigenvalue weighted by atomic mass is 16.7. The molecule has 0 spiro atoms. The molecule has 5 rings (SSSR count). The Kier molecular flexibility index (Phi) is 6.37. The molecule has 2 N–H and O–H groups in total. The minimum Gasteiger partial charge on any atom is -0.497 e. The number of carbonyl (C=O) groups excluding carboxylic acids is 2. The lowest BCUT2D eigenvalue weighted by atomic mass is 10.0. The number of amides is 2. The van der Waals surface area contributed by atoms with Gasteiger partial charge in [-0.05, 0) is 62.4 Å². The lowest BCUT2D eigenvalue weighted by Crippen LogP contribution is -2.51. The molecule has 0 bridgehead atoms. The fourth-order valence-corrected chi connectivity index (χ4v) is 5.00. The molecule has 192 valence electrons. The smallest absolute Gasteiger partial charge is 0.251 e. The summed E-state index contributed by atoms with van der Waals surface area (Å²) in [7, 11) is 3.16. The summed E-state index contributed by atoms with van der Waals surface area (Å²) in [4.78, 5) is 27.5. The molecule has 36 heavy (non-hydrogen) atoms. The number of nitrogens with zero attached hydrogens (tertiary/aromatic N) is 1. The summed E-state index contributed by atoms with van der Waals surface area (Å²) in [5.41, 5.74) is -0.547. The Morgan fingerprint density at radius 1 is 0.833 bits per heavy atom. The number of benzene rings is 2. The minimum atomic E-state index is -0.799. The van der Waals surface area contributed by atoms with Crippen molar-refractivity contribution < 1.29 is 33.3 Å². The van der Waals surface area contributed by atoms with Gasteiger partial charge in [0.05, 0.1) is 33.9 Å². The maximum Gasteiger partial charge on any atom is 0.251 e. The molecule has 0 saturated carbocycles. The van der Waals surface area contributed by atoms with Crippen molar-refractivity contribution in [3.63, 3.8) is 0 Å². The number of rotatable bonds is 8. The number of hydrogen-bond donors (Lipinski definition) is 2. The summed E-state index contributed by atoms with van der Waals surface area (Å²) >= 11 is 0. The lowest BCUT2D eigenvalue weighted by Gasteiger charge is -2.32. The highest BCUT2D eigenvalue weighted by molar-refractivity contribution is 5.94. The van der Waals surface area contributed by atoms with E-state index in [0.29, 0.717) is 29.2 Å². The first-order chi connectivity index (χ1) is 17.3. The van der Waals surface area contributed by atoms with E-state index >= 15 is 0 Å². The van der Waals surface area contributed by atoms with Gasteiger partial charge < -0.3 is 34.3 Å². The van der Waals surface area contributed by atoms with Crippen LogP contribution in [0.25, 0.3) is 0 Å². The van der Waals surface area contributed by atoms with Crippen LogP contribution in [-0.4, -0.2) is 80.5 Å². The van der Waals surface area contributed by atoms with E-state index in [1.165, 1.54) is 0 Å². The molecule has 0 unspecified atom stereocenters. The van der Waals surface area contributed by atoms with Gasteiger partial charge in [0, 0.05) is 11.1 Å². The zero-order valence-corrected chi connectivity index (χ0v) is 20.8. The van der Waals surface area contributed by atoms with E-state index in [1.54, 1.807) is 62.8 Å². The van der Waals surface area contributed by atoms with Crippen LogP contribution in [0.5, 0.6) is 11.5 Å². The van der Waals surface area contributed by atoms with E-state index in [1.807, 2.05) is 13.8 Å². The minimum absolute atomic E-state index is 0.213. The molecule has 0 radical (unpaired) electrons. The van der Waals surface area contributed by atoms with Crippen molar-refractivity contribution in [3.8, 4) is 11.5 Å². The van der Waals surface area contributed by atoms with Crippen molar-refractivity contribution in [3.05, 3.63) is 59.7 Å². The molecule has 3 aliphatic heterocycles. The summed E-state index contributed by atoms with van der Waals surface area (Å²) in [6.45, 7) is 4.72. The largest absolute Gasteiger partial charge is 0.497 e. The summed E-state index contributed by atoms with van der Waals surface area (Å²) < 4.78 is 29.1. The number of hydrogen-bond acceptors (Lipinski definition) is 8. The molecular weight excluding hydrogens is 466 g/mol. The Balaban J connectivity index is 1.23. The maximum absolute atomic E-state index is 12.7. The average Bonchev–Trinajstić information content (AvgIpc) is 3.54. The second-order valence-electron chi connectivity index (χ2n) is 9.62. The molecular formula is C26H31N3O7. The highest BCUT2D eigenvalue weighted by Gasteiger charge is 2.67. The van der Waals surface area contributed by atoms with Crippen LogP contribution in [0.2, 0.25) is 0 Å². The van der Waals surface area contributed by atoms with Crippen LogP contribution < -0.4 is 20.1 Å². The molecule has 2 aromatic carbocycles. The third-order valence-electron chi connectivity index (χ3n) is 7.01. The van der Waals surface area contributed by atoms with Crippen LogP contribution in [0.3, 0.4) is 0 Å². The van der Waals surface area contributed by atoms with Crippen molar-refractivity contribution in [2.24, 2.45) is 0 Å². The van der Waals surface area contributed by atoms with Gasteiger partial charge in [-0.2, -0.15) is 0 Å². The van der Waals surface area contributed by atoms with Gasteiger partial charge >= 0.3 is 0 Å². The maximum atomic E-state index is 12.7. The Labute approximate surface area is 209 Å². The van der Waals surface area contributed by atoms with E-state index in [0.717, 1.165) is 0 Å². The van der Waals surface area contributed by atoms with Crippen LogP contribution in [0.15, 0.2) is 48.5 Å². The van der Waals surface area contributed by atoms with Gasteiger partial charge in [-0.1, -0.05) is 0 Å². The number of carbonyl (C=O) groups is 2. The van der Waals surface area contributed by atoms with Gasteiger partial charge in [-0.15, -0.1) is 0 Å². The lowest BCUT2D eigenvalue weighted by molar-refractivity contribution is -0.126. The van der Waals surface area contributed by atoms with Crippen molar-refractivity contribution >= 4 is 11.8 Å². The van der Waals surface area contributed by atoms with E-state index in [2.05, 4.69) is 15.5 Å². The second-order valence-corrected chi connectivity index (χ2v) is 9.62. The van der Waals surface area contributed by atoms with E-state index in [4.69, 9.17) is 23.7 Å². The molecule has 3 heterocycles. The van der Waals surface area contributed by atoms with Gasteiger partial charge in [-0.3, -0.25) is 9.59 Å². The van der Waals surface area contributed by atoms with E-state index in [-0.39, 0.29) is 37.4 Å². The quantitative estimate of drug-likeness (QED) is 0.568. The number of methoxy groups -OCH3 is 2. The molecule has 10 nitrogen and oxygen atoms in total. The highest BCUT2D eigenvalue weighted by Crippen LogP contribution is 2.48. The van der Waals surface area contributed by atoms with Gasteiger partial charge in [-0.25, -0.2) is 4.90 Å². The first kappa shape index (κ1) is 24.5. The fourth-order valence-electron chi connectivity index (χ4n) is 5.00. The van der Waals surface area contributed by atoms with Crippen molar-refractivity contribution in [1.82, 2.24) is 15.5 Å². The zero-order valence-electron chi connectivity index (χ0n) is 20.8. The normalized spacial score (nSPS) is 30.6. The van der Waals surface area contributed by atoms with E-state index in [9.17, 15) is 9.59 Å². The molecule has 5 atom stereocenters. The van der Waals surface area contributed by atoms with Crippen LogP contribution in [-0.2, 0) is 14.2 Å². The first-order valence-electron chi connectivity index (χ1n) is 11.9. The predicted molar refractivity (Wildman–Crippen MR) is 129 cm³/mol. The fraction of sp³-hybridized carbons (Fsp3) is 0.462. The third-order valence-corrected chi connectivity index (χ3v) is 7.01. The molecule has 0 aromatic heterocycles. The molecule has 3 fully saturated rings. The summed E-state index contributed by atoms with van der Waals surface area (Å²) in [6, 6.07) is 13.8. The number of nitrogens with one attached hydrogen (secondary N) is 2. The molecule has 2 amide bonds. The van der Waals surface area contributed by atoms with Gasteiger partial charge in [0.25, 0.3) is 11.8 Å². The van der Waals surface area contributed by atoms with Gasteiger partial charge in [0.2, 0.25) is 0 Å². The van der Waals surface area contributed by atoms with Crippen molar-refractivity contribution in [2.45, 2.75) is 43.7 Å². The standard InChI is InChI=1S/C26H31N3O7/c1-25(14-27-21(30)16-5-9-18(32-3)10-6-16)23-29-20(13-34-23)35-26(2,24(29)36-25)15-28-22(31)17-7-11-19(33-4)12-8-17/h5-12,20,23-24H,13-15H2,1-4H3,(H,27,30)(H,28,31)/t20-,23-,24-,25-,26-/m0/s1. The van der Waals surface area contributed by atoms with Crippen LogP contribution >= 0.6 is 0 Å². The predicted octanol–water partition coefficient (Wildman–Crippen LogP) is 1.75. The number of ether oxygens (including phenoxy) is 5. The van der Waals surface area contributed by atoms with Crippen molar-refractivity contribution in [1.29, 1.82) is 0 Å². The molecule has 3 saturated heterocycles. The average molecular weight is 498 g/mol. The molecule has 10 heteroatoms.